The van der Waals surface area contributed by atoms with E-state index in [0.29, 0.717) is 12.2 Å². The second-order valence-electron chi connectivity index (χ2n) is 5.27. The number of hydrogen-bond donors (Lipinski definition) is 0. The molecule has 0 aromatic rings. The zero-order valence-corrected chi connectivity index (χ0v) is 11.9. The Balaban J connectivity index is 2.18. The summed E-state index contributed by atoms with van der Waals surface area (Å²) in [5.74, 6) is 0. The van der Waals surface area contributed by atoms with E-state index in [1.54, 1.807) is 0 Å². The molecule has 100 valence electrons. The van der Waals surface area contributed by atoms with Crippen LogP contribution in [0.1, 0.15) is 71.6 Å². The van der Waals surface area contributed by atoms with Crippen molar-refractivity contribution in [2.45, 2.75) is 90.7 Å². The lowest BCUT2D eigenvalue weighted by Gasteiger charge is -2.26. The highest BCUT2D eigenvalue weighted by atomic mass is 16.6. The Labute approximate surface area is 108 Å². The molecule has 1 unspecified atom stereocenters. The van der Waals surface area contributed by atoms with E-state index >= 15 is 0 Å². The second kappa shape index (κ2) is 8.99. The molecule has 17 heavy (non-hydrogen) atoms. The summed E-state index contributed by atoms with van der Waals surface area (Å²) in [6.45, 7) is 6.49. The lowest BCUT2D eigenvalue weighted by Crippen LogP contribution is -2.31. The molecule has 1 fully saturated rings. The number of hydrogen-bond acceptors (Lipinski definition) is 2. The molecular formula is C14H29BO2. The molecule has 0 aromatic heterocycles. The smallest absolute Gasteiger partial charge is 0.409 e. The van der Waals surface area contributed by atoms with E-state index in [1.165, 1.54) is 51.4 Å². The largest absolute Gasteiger partial charge is 0.453 e. The van der Waals surface area contributed by atoms with Crippen LogP contribution in [0.3, 0.4) is 0 Å². The minimum absolute atomic E-state index is 0.0279. The van der Waals surface area contributed by atoms with Crippen LogP contribution in [0.2, 0.25) is 6.82 Å². The SMILES string of the molecule is CCCCC(CC)OB(C)OC1CCCCC1. The summed E-state index contributed by atoms with van der Waals surface area (Å²) < 4.78 is 12.0. The molecule has 0 aliphatic heterocycles. The molecule has 0 saturated heterocycles. The van der Waals surface area contributed by atoms with Crippen molar-refractivity contribution in [3.05, 3.63) is 0 Å². The molecule has 1 aliphatic carbocycles. The van der Waals surface area contributed by atoms with Crippen LogP contribution in [-0.2, 0) is 9.31 Å². The van der Waals surface area contributed by atoms with Crippen LogP contribution < -0.4 is 0 Å². The monoisotopic (exact) mass is 240 g/mol. The topological polar surface area (TPSA) is 18.5 Å². The van der Waals surface area contributed by atoms with E-state index in [9.17, 15) is 0 Å². The van der Waals surface area contributed by atoms with Crippen molar-refractivity contribution < 1.29 is 9.31 Å². The van der Waals surface area contributed by atoms with Crippen molar-refractivity contribution in [1.29, 1.82) is 0 Å². The first-order chi connectivity index (χ1) is 8.26. The van der Waals surface area contributed by atoms with E-state index in [1.807, 2.05) is 0 Å². The van der Waals surface area contributed by atoms with Crippen LogP contribution in [0.4, 0.5) is 0 Å². The molecule has 0 spiro atoms. The van der Waals surface area contributed by atoms with Gasteiger partial charge in [-0.15, -0.1) is 0 Å². The molecule has 1 aliphatic rings. The standard InChI is InChI=1S/C14H29BO2/c1-4-6-10-13(5-2)16-15(3)17-14-11-8-7-9-12-14/h13-14H,4-12H2,1-3H3. The fourth-order valence-electron chi connectivity index (χ4n) is 2.58. The fraction of sp³-hybridized carbons (Fsp3) is 1.00. The lowest BCUT2D eigenvalue weighted by atomic mass is 9.90. The van der Waals surface area contributed by atoms with Gasteiger partial charge in [0.25, 0.3) is 0 Å². The molecule has 0 amide bonds. The number of rotatable bonds is 8. The van der Waals surface area contributed by atoms with Crippen LogP contribution in [0.5, 0.6) is 0 Å². The molecule has 1 atom stereocenters. The van der Waals surface area contributed by atoms with Crippen LogP contribution in [0, 0.1) is 0 Å². The summed E-state index contributed by atoms with van der Waals surface area (Å²) in [4.78, 5) is 0. The molecule has 0 N–H and O–H groups in total. The van der Waals surface area contributed by atoms with Gasteiger partial charge in [-0.2, -0.15) is 0 Å². The summed E-state index contributed by atoms with van der Waals surface area (Å²) in [7, 11) is -0.0279. The maximum absolute atomic E-state index is 5.98. The van der Waals surface area contributed by atoms with Gasteiger partial charge in [-0.3, -0.25) is 0 Å². The first-order valence-electron chi connectivity index (χ1n) is 7.57. The van der Waals surface area contributed by atoms with Gasteiger partial charge >= 0.3 is 7.12 Å². The highest BCUT2D eigenvalue weighted by Crippen LogP contribution is 2.21. The molecule has 2 nitrogen and oxygen atoms in total. The third-order valence-electron chi connectivity index (χ3n) is 3.66. The third kappa shape index (κ3) is 6.47. The Morgan fingerprint density at radius 3 is 2.47 bits per heavy atom. The van der Waals surface area contributed by atoms with Gasteiger partial charge < -0.3 is 9.31 Å². The summed E-state index contributed by atoms with van der Waals surface area (Å²) in [6.07, 6.45) is 12.1. The van der Waals surface area contributed by atoms with Crippen molar-refractivity contribution in [2.75, 3.05) is 0 Å². The zero-order valence-electron chi connectivity index (χ0n) is 11.9. The molecule has 0 radical (unpaired) electrons. The summed E-state index contributed by atoms with van der Waals surface area (Å²) >= 11 is 0. The highest BCUT2D eigenvalue weighted by molar-refractivity contribution is 6.42. The minimum Gasteiger partial charge on any atom is -0.409 e. The molecule has 0 aromatic carbocycles. The first kappa shape index (κ1) is 15.0. The van der Waals surface area contributed by atoms with Gasteiger partial charge in [0.2, 0.25) is 0 Å². The molecule has 3 heteroatoms. The van der Waals surface area contributed by atoms with Gasteiger partial charge in [-0.05, 0) is 32.5 Å². The van der Waals surface area contributed by atoms with Gasteiger partial charge in [0.1, 0.15) is 0 Å². The van der Waals surface area contributed by atoms with Gasteiger partial charge in [-0.25, -0.2) is 0 Å². The average Bonchev–Trinajstić information content (AvgIpc) is 2.35. The van der Waals surface area contributed by atoms with Gasteiger partial charge in [-0.1, -0.05) is 46.0 Å². The lowest BCUT2D eigenvalue weighted by molar-refractivity contribution is 0.0780. The van der Waals surface area contributed by atoms with E-state index in [-0.39, 0.29) is 7.12 Å². The Morgan fingerprint density at radius 1 is 1.18 bits per heavy atom. The Morgan fingerprint density at radius 2 is 1.88 bits per heavy atom. The predicted molar refractivity (Wildman–Crippen MR) is 74.3 cm³/mol. The Bertz CT molecular complexity index is 181. The van der Waals surface area contributed by atoms with Crippen molar-refractivity contribution in [2.24, 2.45) is 0 Å². The summed E-state index contributed by atoms with van der Waals surface area (Å²) in [6, 6.07) is 0. The van der Waals surface area contributed by atoms with Crippen molar-refractivity contribution in [3.63, 3.8) is 0 Å². The maximum atomic E-state index is 5.98. The van der Waals surface area contributed by atoms with E-state index < -0.39 is 0 Å². The molecule has 0 bridgehead atoms. The highest BCUT2D eigenvalue weighted by Gasteiger charge is 2.22. The zero-order chi connectivity index (χ0) is 12.5. The van der Waals surface area contributed by atoms with Gasteiger partial charge in [0, 0.05) is 12.2 Å². The van der Waals surface area contributed by atoms with Gasteiger partial charge in [0.05, 0.1) is 0 Å². The molecule has 1 rings (SSSR count). The van der Waals surface area contributed by atoms with Crippen LogP contribution in [0.15, 0.2) is 0 Å². The van der Waals surface area contributed by atoms with Gasteiger partial charge in [0.15, 0.2) is 0 Å². The number of unbranched alkanes of at least 4 members (excludes halogenated alkanes) is 1. The van der Waals surface area contributed by atoms with E-state index in [2.05, 4.69) is 20.7 Å². The molecular weight excluding hydrogens is 211 g/mol. The molecule has 0 heterocycles. The quantitative estimate of drug-likeness (QED) is 0.584. The minimum atomic E-state index is -0.0279. The van der Waals surface area contributed by atoms with Crippen LogP contribution in [-0.4, -0.2) is 19.3 Å². The first-order valence-corrected chi connectivity index (χ1v) is 7.57. The van der Waals surface area contributed by atoms with Crippen molar-refractivity contribution >= 4 is 7.12 Å². The Kier molecular flexibility index (Phi) is 7.95. The van der Waals surface area contributed by atoms with E-state index in [4.69, 9.17) is 9.31 Å². The average molecular weight is 240 g/mol. The summed E-state index contributed by atoms with van der Waals surface area (Å²) in [5.41, 5.74) is 0. The molecule has 1 saturated carbocycles. The third-order valence-corrected chi connectivity index (χ3v) is 3.66. The van der Waals surface area contributed by atoms with Crippen LogP contribution in [0.25, 0.3) is 0 Å². The van der Waals surface area contributed by atoms with Crippen LogP contribution >= 0.6 is 0 Å². The summed E-state index contributed by atoms with van der Waals surface area (Å²) in [5, 5.41) is 0. The second-order valence-corrected chi connectivity index (χ2v) is 5.27. The van der Waals surface area contributed by atoms with Crippen molar-refractivity contribution in [1.82, 2.24) is 0 Å². The van der Waals surface area contributed by atoms with Crippen molar-refractivity contribution in [3.8, 4) is 0 Å². The Hall–Kier alpha value is -0.0151. The predicted octanol–water partition coefficient (Wildman–Crippen LogP) is 4.44. The normalized spacial score (nSPS) is 19.2. The maximum Gasteiger partial charge on any atom is 0.453 e. The fourth-order valence-corrected chi connectivity index (χ4v) is 2.58. The van der Waals surface area contributed by atoms with E-state index in [0.717, 1.165) is 6.42 Å².